The summed E-state index contributed by atoms with van der Waals surface area (Å²) in [7, 11) is 1.56. The Morgan fingerprint density at radius 2 is 1.66 bits per heavy atom. The lowest BCUT2D eigenvalue weighted by Crippen LogP contribution is -2.36. The number of carbonyl (C=O) groups is 2. The fraction of sp³-hybridized carbons (Fsp3) is 0.368. The van der Waals surface area contributed by atoms with E-state index in [1.165, 1.54) is 9.47 Å². The summed E-state index contributed by atoms with van der Waals surface area (Å²) in [4.78, 5) is 43.2. The number of hydrogen-bond donors (Lipinski definition) is 0. The second-order valence-corrected chi connectivity index (χ2v) is 5.72. The highest BCUT2D eigenvalue weighted by Gasteiger charge is 2.26. The molecule has 0 aliphatic heterocycles. The van der Waals surface area contributed by atoms with Crippen molar-refractivity contribution in [2.45, 2.75) is 20.8 Å². The number of carbonyl (C=O) groups excluding carboxylic acids is 2. The SMILES string of the molecule is CCOC(=O)CN(C)c1nc(C)n(-c2ccccc2)c(=O)c1C(=O)OCC.P.P. The Morgan fingerprint density at radius 1 is 1.07 bits per heavy atom. The van der Waals surface area contributed by atoms with Crippen molar-refractivity contribution in [3.8, 4) is 5.69 Å². The van der Waals surface area contributed by atoms with E-state index in [0.717, 1.165) is 0 Å². The van der Waals surface area contributed by atoms with Crippen LogP contribution in [0.25, 0.3) is 5.69 Å². The van der Waals surface area contributed by atoms with Gasteiger partial charge in [0.1, 0.15) is 12.4 Å². The fourth-order valence-corrected chi connectivity index (χ4v) is 2.63. The first-order chi connectivity index (χ1) is 12.9. The van der Waals surface area contributed by atoms with E-state index in [1.54, 1.807) is 52.1 Å². The maximum Gasteiger partial charge on any atom is 0.347 e. The summed E-state index contributed by atoms with van der Waals surface area (Å²) in [6.45, 7) is 5.20. The number of aryl methyl sites for hydroxylation is 1. The van der Waals surface area contributed by atoms with E-state index in [9.17, 15) is 14.4 Å². The first-order valence-electron chi connectivity index (χ1n) is 8.63. The van der Waals surface area contributed by atoms with Crippen LogP contribution < -0.4 is 10.5 Å². The number of anilines is 1. The Labute approximate surface area is 176 Å². The van der Waals surface area contributed by atoms with Crippen molar-refractivity contribution in [2.24, 2.45) is 0 Å². The van der Waals surface area contributed by atoms with Crippen LogP contribution >= 0.6 is 19.8 Å². The van der Waals surface area contributed by atoms with E-state index < -0.39 is 17.5 Å². The van der Waals surface area contributed by atoms with E-state index in [2.05, 4.69) is 4.98 Å². The molecule has 1 heterocycles. The fourth-order valence-electron chi connectivity index (χ4n) is 2.63. The zero-order valence-corrected chi connectivity index (χ0v) is 20.1. The average molecular weight is 441 g/mol. The molecule has 0 N–H and O–H groups in total. The number of rotatable bonds is 7. The number of ether oxygens (including phenoxy) is 2. The largest absolute Gasteiger partial charge is 0.465 e. The van der Waals surface area contributed by atoms with Crippen LogP contribution in [-0.4, -0.2) is 48.3 Å². The maximum absolute atomic E-state index is 13.1. The number of hydrogen-bond acceptors (Lipinski definition) is 7. The molecule has 0 aliphatic carbocycles. The van der Waals surface area contributed by atoms with Gasteiger partial charge in [-0.2, -0.15) is 19.8 Å². The minimum absolute atomic E-state index is 0. The third kappa shape index (κ3) is 6.34. The number of para-hydroxylation sites is 1. The van der Waals surface area contributed by atoms with E-state index in [1.807, 2.05) is 6.07 Å². The summed E-state index contributed by atoms with van der Waals surface area (Å²) in [6, 6.07) is 8.88. The number of benzene rings is 1. The van der Waals surface area contributed by atoms with Gasteiger partial charge in [0.15, 0.2) is 11.4 Å². The third-order valence-corrected chi connectivity index (χ3v) is 3.76. The van der Waals surface area contributed by atoms with Crippen molar-refractivity contribution < 1.29 is 19.1 Å². The highest BCUT2D eigenvalue weighted by Crippen LogP contribution is 2.18. The van der Waals surface area contributed by atoms with Crippen molar-refractivity contribution in [3.63, 3.8) is 0 Å². The monoisotopic (exact) mass is 441 g/mol. The molecule has 2 aromatic rings. The van der Waals surface area contributed by atoms with Crippen molar-refractivity contribution in [1.29, 1.82) is 0 Å². The molecule has 8 nitrogen and oxygen atoms in total. The molecular formula is C19H29N3O5P2. The summed E-state index contributed by atoms with van der Waals surface area (Å²) >= 11 is 0. The molecule has 29 heavy (non-hydrogen) atoms. The Hall–Kier alpha value is -2.30. The zero-order valence-electron chi connectivity index (χ0n) is 17.3. The minimum atomic E-state index is -0.787. The lowest BCUT2D eigenvalue weighted by Gasteiger charge is -2.21. The van der Waals surface area contributed by atoms with E-state index in [4.69, 9.17) is 9.47 Å². The van der Waals surface area contributed by atoms with Gasteiger partial charge in [-0.25, -0.2) is 9.78 Å². The molecule has 0 radical (unpaired) electrons. The van der Waals surface area contributed by atoms with Gasteiger partial charge < -0.3 is 14.4 Å². The predicted molar refractivity (Wildman–Crippen MR) is 123 cm³/mol. The van der Waals surface area contributed by atoms with Gasteiger partial charge in [-0.05, 0) is 32.9 Å². The summed E-state index contributed by atoms with van der Waals surface area (Å²) in [5.74, 6) is -0.812. The van der Waals surface area contributed by atoms with Crippen LogP contribution in [0.2, 0.25) is 0 Å². The molecule has 0 fully saturated rings. The topological polar surface area (TPSA) is 90.7 Å². The third-order valence-electron chi connectivity index (χ3n) is 3.76. The Morgan fingerprint density at radius 3 is 2.21 bits per heavy atom. The zero-order chi connectivity index (χ0) is 20.0. The van der Waals surface area contributed by atoms with Crippen LogP contribution in [0.4, 0.5) is 5.82 Å². The highest BCUT2D eigenvalue weighted by molar-refractivity contribution is 6.92. The molecule has 0 spiro atoms. The number of esters is 2. The van der Waals surface area contributed by atoms with Crippen molar-refractivity contribution in [2.75, 3.05) is 31.7 Å². The molecule has 1 aromatic carbocycles. The van der Waals surface area contributed by atoms with Gasteiger partial charge in [0.05, 0.1) is 18.9 Å². The quantitative estimate of drug-likeness (QED) is 0.478. The normalized spacial score (nSPS) is 9.66. The van der Waals surface area contributed by atoms with Crippen LogP contribution in [0.1, 0.15) is 30.0 Å². The van der Waals surface area contributed by atoms with Crippen LogP contribution in [0, 0.1) is 6.92 Å². The number of nitrogens with zero attached hydrogens (tertiary/aromatic N) is 3. The van der Waals surface area contributed by atoms with Crippen molar-refractivity contribution in [3.05, 3.63) is 52.1 Å². The summed E-state index contributed by atoms with van der Waals surface area (Å²) in [6.07, 6.45) is 0. The van der Waals surface area contributed by atoms with Crippen molar-refractivity contribution in [1.82, 2.24) is 9.55 Å². The molecule has 10 heteroatoms. The second-order valence-electron chi connectivity index (χ2n) is 5.72. The Balaban J connectivity index is 0.00000392. The van der Waals surface area contributed by atoms with E-state index >= 15 is 0 Å². The minimum Gasteiger partial charge on any atom is -0.465 e. The molecule has 160 valence electrons. The first-order valence-corrected chi connectivity index (χ1v) is 8.63. The molecule has 0 bridgehead atoms. The average Bonchev–Trinajstić information content (AvgIpc) is 2.62. The molecule has 2 rings (SSSR count). The lowest BCUT2D eigenvalue weighted by atomic mass is 10.2. The second kappa shape index (κ2) is 12.3. The molecular weight excluding hydrogens is 412 g/mol. The van der Waals surface area contributed by atoms with Crippen LogP contribution in [0.5, 0.6) is 0 Å². The van der Waals surface area contributed by atoms with Gasteiger partial charge in [-0.15, -0.1) is 0 Å². The van der Waals surface area contributed by atoms with Gasteiger partial charge in [0.2, 0.25) is 0 Å². The highest BCUT2D eigenvalue weighted by atomic mass is 31.0. The van der Waals surface area contributed by atoms with Gasteiger partial charge in [-0.1, -0.05) is 18.2 Å². The smallest absolute Gasteiger partial charge is 0.347 e. The molecule has 2 unspecified atom stereocenters. The van der Waals surface area contributed by atoms with Gasteiger partial charge in [0.25, 0.3) is 5.56 Å². The molecule has 0 saturated carbocycles. The Bertz CT molecular complexity index is 887. The van der Waals surface area contributed by atoms with Crippen LogP contribution in [0.15, 0.2) is 35.1 Å². The summed E-state index contributed by atoms with van der Waals surface area (Å²) in [5.41, 5.74) is -0.200. The van der Waals surface area contributed by atoms with Crippen molar-refractivity contribution >= 4 is 37.6 Å². The molecule has 1 aromatic heterocycles. The first kappa shape index (κ1) is 26.7. The van der Waals surface area contributed by atoms with Gasteiger partial charge >= 0.3 is 11.9 Å². The van der Waals surface area contributed by atoms with Crippen LogP contribution in [-0.2, 0) is 14.3 Å². The molecule has 0 amide bonds. The maximum atomic E-state index is 13.1. The predicted octanol–water partition coefficient (Wildman–Crippen LogP) is 1.83. The van der Waals surface area contributed by atoms with Gasteiger partial charge in [-0.3, -0.25) is 14.2 Å². The molecule has 0 saturated heterocycles. The number of likely N-dealkylation sites (N-methyl/N-ethyl adjacent to an activating group) is 1. The summed E-state index contributed by atoms with van der Waals surface area (Å²) < 4.78 is 11.3. The lowest BCUT2D eigenvalue weighted by molar-refractivity contribution is -0.141. The Kier molecular flexibility index (Phi) is 11.3. The van der Waals surface area contributed by atoms with Gasteiger partial charge in [0, 0.05) is 7.05 Å². The molecule has 0 aliphatic rings. The van der Waals surface area contributed by atoms with Crippen LogP contribution in [0.3, 0.4) is 0 Å². The van der Waals surface area contributed by atoms with E-state index in [0.29, 0.717) is 11.5 Å². The summed E-state index contributed by atoms with van der Waals surface area (Å²) in [5, 5.41) is 0. The number of aromatic nitrogens is 2. The van der Waals surface area contributed by atoms with E-state index in [-0.39, 0.29) is 50.9 Å². The molecule has 2 atom stereocenters. The standard InChI is InChI=1S/C19H23N3O5.2H3P/c1-5-26-15(23)12-21(4)17-16(19(25)27-6-2)18(24)22(13(3)20-17)14-10-8-7-9-11-14;;/h7-11H,5-6,12H2,1-4H3;2*1H3.